The molecule has 0 aromatic rings. The molecule has 42 valence electrons. The van der Waals surface area contributed by atoms with Crippen LogP contribution in [-0.2, 0) is 4.84 Å². The summed E-state index contributed by atoms with van der Waals surface area (Å²) in [5.74, 6) is 0.826. The number of nitrogens with zero attached hydrogens (tertiary/aromatic N) is 1. The van der Waals surface area contributed by atoms with E-state index in [1.807, 2.05) is 14.0 Å². The summed E-state index contributed by atoms with van der Waals surface area (Å²) in [4.78, 5) is 5.06. The molecule has 0 amide bonds. The Morgan fingerprint density at radius 2 is 2.38 bits per heavy atom. The first-order valence-corrected chi connectivity index (χ1v) is 2.54. The predicted octanol–water partition coefficient (Wildman–Crippen LogP) is 0.263. The summed E-state index contributed by atoms with van der Waals surface area (Å²) in [5, 5.41) is 1.70. The molecule has 0 aliphatic carbocycles. The maximum atomic E-state index is 5.48. The molecular formula is C5H8BNO. The quantitative estimate of drug-likeness (QED) is 0.414. The maximum absolute atomic E-state index is 5.48. The summed E-state index contributed by atoms with van der Waals surface area (Å²) < 4.78 is 0. The monoisotopic (exact) mass is 109 g/mol. The molecule has 1 aliphatic heterocycles. The number of hydrogen-bond donors (Lipinski definition) is 0. The molecule has 0 fully saturated rings. The third-order valence-electron chi connectivity index (χ3n) is 1.14. The van der Waals surface area contributed by atoms with Gasteiger partial charge in [-0.05, 0) is 6.92 Å². The highest BCUT2D eigenvalue weighted by molar-refractivity contribution is 6.22. The van der Waals surface area contributed by atoms with Crippen molar-refractivity contribution < 1.29 is 4.84 Å². The van der Waals surface area contributed by atoms with Gasteiger partial charge >= 0.3 is 0 Å². The second kappa shape index (κ2) is 1.82. The van der Waals surface area contributed by atoms with Crippen molar-refractivity contribution in [2.75, 3.05) is 13.6 Å². The lowest BCUT2D eigenvalue weighted by Crippen LogP contribution is -2.12. The van der Waals surface area contributed by atoms with Gasteiger partial charge in [-0.15, -0.1) is 5.06 Å². The fourth-order valence-corrected chi connectivity index (χ4v) is 0.676. The van der Waals surface area contributed by atoms with E-state index >= 15 is 0 Å². The van der Waals surface area contributed by atoms with Crippen LogP contribution < -0.4 is 0 Å². The zero-order chi connectivity index (χ0) is 6.15. The van der Waals surface area contributed by atoms with Crippen molar-refractivity contribution in [2.24, 2.45) is 0 Å². The van der Waals surface area contributed by atoms with Gasteiger partial charge < -0.3 is 4.84 Å². The molecule has 0 aromatic carbocycles. The number of hydrogen-bond acceptors (Lipinski definition) is 2. The molecule has 1 heterocycles. The summed E-state index contributed by atoms with van der Waals surface area (Å²) in [6, 6.07) is 0. The molecule has 2 radical (unpaired) electrons. The van der Waals surface area contributed by atoms with E-state index in [1.165, 1.54) is 0 Å². The lowest BCUT2D eigenvalue weighted by molar-refractivity contribution is -0.0656. The van der Waals surface area contributed by atoms with Crippen LogP contribution in [0.15, 0.2) is 11.2 Å². The van der Waals surface area contributed by atoms with E-state index in [9.17, 15) is 0 Å². The Morgan fingerprint density at radius 3 is 2.50 bits per heavy atom. The molecule has 3 heteroatoms. The van der Waals surface area contributed by atoms with Crippen LogP contribution in [0.5, 0.6) is 0 Å². The molecule has 2 nitrogen and oxygen atoms in total. The van der Waals surface area contributed by atoms with Crippen molar-refractivity contribution in [3.05, 3.63) is 11.2 Å². The van der Waals surface area contributed by atoms with E-state index in [-0.39, 0.29) is 0 Å². The highest BCUT2D eigenvalue weighted by Crippen LogP contribution is 2.12. The minimum atomic E-state index is 0.728. The lowest BCUT2D eigenvalue weighted by atomic mass is 9.95. The fraction of sp³-hybridized carbons (Fsp3) is 0.600. The first-order valence-electron chi connectivity index (χ1n) is 2.54. The van der Waals surface area contributed by atoms with E-state index in [4.69, 9.17) is 12.7 Å². The van der Waals surface area contributed by atoms with E-state index in [0.717, 1.165) is 17.8 Å². The summed E-state index contributed by atoms with van der Waals surface area (Å²) in [5.41, 5.74) is 0.826. The average molecular weight is 109 g/mol. The van der Waals surface area contributed by atoms with E-state index < -0.39 is 0 Å². The van der Waals surface area contributed by atoms with Gasteiger partial charge in [0.25, 0.3) is 0 Å². The molecule has 0 spiro atoms. The third-order valence-corrected chi connectivity index (χ3v) is 1.14. The molecule has 0 atom stereocenters. The number of allylic oxidation sites excluding steroid dienone is 1. The molecule has 8 heavy (non-hydrogen) atoms. The van der Waals surface area contributed by atoms with Crippen molar-refractivity contribution in [2.45, 2.75) is 6.92 Å². The molecule has 0 saturated carbocycles. The molecule has 0 aromatic heterocycles. The Bertz CT molecular complexity index is 118. The second-order valence-corrected chi connectivity index (χ2v) is 1.96. The van der Waals surface area contributed by atoms with Gasteiger partial charge in [0, 0.05) is 13.6 Å². The third kappa shape index (κ3) is 0.867. The van der Waals surface area contributed by atoms with Crippen molar-refractivity contribution in [3.63, 3.8) is 0 Å². The smallest absolute Gasteiger partial charge is 0.114 e. The molecule has 1 aliphatic rings. The maximum Gasteiger partial charge on any atom is 0.114 e. The highest BCUT2D eigenvalue weighted by Gasteiger charge is 2.11. The van der Waals surface area contributed by atoms with Gasteiger partial charge in [-0.1, -0.05) is 5.47 Å². The summed E-state index contributed by atoms with van der Waals surface area (Å²) in [7, 11) is 7.33. The van der Waals surface area contributed by atoms with Gasteiger partial charge in [-0.3, -0.25) is 0 Å². The standard InChI is InChI=1S/C5H8BNO/c1-4-5(6)3-7(2)8-4/h3H2,1-2H3. The van der Waals surface area contributed by atoms with Gasteiger partial charge in [0.15, 0.2) is 0 Å². The van der Waals surface area contributed by atoms with Gasteiger partial charge in [0.1, 0.15) is 13.6 Å². The molecular weight excluding hydrogens is 101 g/mol. The summed E-state index contributed by atoms with van der Waals surface area (Å²) >= 11 is 0. The van der Waals surface area contributed by atoms with Gasteiger partial charge in [-0.25, -0.2) is 0 Å². The normalized spacial score (nSPS) is 21.8. The SMILES string of the molecule is [B]C1=C(C)ON(C)C1. The zero-order valence-electron chi connectivity index (χ0n) is 5.14. The van der Waals surface area contributed by atoms with Crippen LogP contribution >= 0.6 is 0 Å². The first kappa shape index (κ1) is 5.70. The van der Waals surface area contributed by atoms with Crippen LogP contribution in [0.3, 0.4) is 0 Å². The van der Waals surface area contributed by atoms with Crippen molar-refractivity contribution in [3.8, 4) is 0 Å². The van der Waals surface area contributed by atoms with Crippen LogP contribution in [0, 0.1) is 0 Å². The molecule has 1 rings (SSSR count). The van der Waals surface area contributed by atoms with Crippen molar-refractivity contribution >= 4 is 7.85 Å². The van der Waals surface area contributed by atoms with Gasteiger partial charge in [0.2, 0.25) is 0 Å². The Labute approximate surface area is 50.5 Å². The largest absolute Gasteiger partial charge is 0.412 e. The highest BCUT2D eigenvalue weighted by atomic mass is 16.7. The number of rotatable bonds is 0. The molecule has 0 unspecified atom stereocenters. The van der Waals surface area contributed by atoms with Crippen molar-refractivity contribution in [1.29, 1.82) is 0 Å². The van der Waals surface area contributed by atoms with E-state index in [2.05, 4.69) is 0 Å². The van der Waals surface area contributed by atoms with Crippen LogP contribution in [0.4, 0.5) is 0 Å². The minimum absolute atomic E-state index is 0.728. The van der Waals surface area contributed by atoms with Crippen LogP contribution in [0.1, 0.15) is 6.92 Å². The molecule has 0 bridgehead atoms. The van der Waals surface area contributed by atoms with Crippen LogP contribution in [0.25, 0.3) is 0 Å². The van der Waals surface area contributed by atoms with Gasteiger partial charge in [0.05, 0.1) is 0 Å². The summed E-state index contributed by atoms with van der Waals surface area (Å²) in [6.07, 6.45) is 0. The average Bonchev–Trinajstić information content (AvgIpc) is 1.85. The Kier molecular flexibility index (Phi) is 1.30. The minimum Gasteiger partial charge on any atom is -0.412 e. The lowest BCUT2D eigenvalue weighted by Gasteiger charge is -2.06. The topological polar surface area (TPSA) is 12.5 Å². The Balaban J connectivity index is 2.60. The van der Waals surface area contributed by atoms with Crippen LogP contribution in [-0.4, -0.2) is 26.5 Å². The fourth-order valence-electron chi connectivity index (χ4n) is 0.676. The molecule has 0 N–H and O–H groups in total. The first-order chi connectivity index (χ1) is 3.70. The van der Waals surface area contributed by atoms with E-state index in [0.29, 0.717) is 0 Å². The summed E-state index contributed by atoms with van der Waals surface area (Å²) in [6.45, 7) is 2.59. The van der Waals surface area contributed by atoms with Gasteiger partial charge in [-0.2, -0.15) is 0 Å². The molecule has 0 saturated heterocycles. The Hall–Kier alpha value is -0.435. The number of hydroxylamine groups is 2. The Morgan fingerprint density at radius 1 is 1.75 bits per heavy atom. The van der Waals surface area contributed by atoms with Crippen molar-refractivity contribution in [1.82, 2.24) is 5.06 Å². The zero-order valence-corrected chi connectivity index (χ0v) is 5.14. The predicted molar refractivity (Wildman–Crippen MR) is 32.2 cm³/mol. The van der Waals surface area contributed by atoms with Crippen LogP contribution in [0.2, 0.25) is 0 Å². The number of likely N-dealkylation sites (N-methyl/N-ethyl adjacent to an activating group) is 1. The second-order valence-electron chi connectivity index (χ2n) is 1.96. The van der Waals surface area contributed by atoms with E-state index in [1.54, 1.807) is 5.06 Å².